The number of para-hydroxylation sites is 3. The Hall–Kier alpha value is -4.89. The third-order valence-electron chi connectivity index (χ3n) is 9.49. The van der Waals surface area contributed by atoms with Crippen molar-refractivity contribution in [3.63, 3.8) is 0 Å². The van der Waals surface area contributed by atoms with Crippen LogP contribution in [0.2, 0.25) is 0 Å². The number of aromatic nitrogens is 2. The second-order valence-electron chi connectivity index (χ2n) is 13.4. The van der Waals surface area contributed by atoms with Crippen LogP contribution in [0.5, 0.6) is 0 Å². The third kappa shape index (κ3) is 4.29. The first kappa shape index (κ1) is 27.6. The van der Waals surface area contributed by atoms with E-state index in [9.17, 15) is 0 Å². The van der Waals surface area contributed by atoms with Gasteiger partial charge in [0, 0.05) is 10.8 Å². The molecule has 222 valence electrons. The lowest BCUT2D eigenvalue weighted by atomic mass is 9.87. The molecule has 0 saturated heterocycles. The summed E-state index contributed by atoms with van der Waals surface area (Å²) in [5.74, 6) is 2.05. The van der Waals surface area contributed by atoms with E-state index in [2.05, 4.69) is 149 Å². The van der Waals surface area contributed by atoms with Gasteiger partial charge in [0.1, 0.15) is 17.0 Å². The average Bonchev–Trinajstić information content (AvgIpc) is 3.61. The molecule has 0 spiro atoms. The fourth-order valence-corrected chi connectivity index (χ4v) is 7.08. The molecule has 0 bridgehead atoms. The van der Waals surface area contributed by atoms with Gasteiger partial charge in [-0.1, -0.05) is 114 Å². The van der Waals surface area contributed by atoms with Crippen molar-refractivity contribution in [3.05, 3.63) is 120 Å². The number of furan rings is 1. The number of fused-ring (bicyclic) bond motifs is 7. The number of rotatable bonds is 5. The predicted octanol–water partition coefficient (Wildman–Crippen LogP) is 12.3. The Bertz CT molecular complexity index is 2390. The molecule has 0 amide bonds. The van der Waals surface area contributed by atoms with E-state index in [-0.39, 0.29) is 0 Å². The maximum absolute atomic E-state index is 6.83. The summed E-state index contributed by atoms with van der Waals surface area (Å²) in [7, 11) is 0. The van der Waals surface area contributed by atoms with Crippen LogP contribution in [0, 0.1) is 0 Å². The molecule has 6 aromatic carbocycles. The maximum Gasteiger partial charge on any atom is 0.149 e. The highest BCUT2D eigenvalue weighted by molar-refractivity contribution is 6.17. The van der Waals surface area contributed by atoms with E-state index in [1.807, 2.05) is 0 Å². The van der Waals surface area contributed by atoms with Gasteiger partial charge in [-0.25, -0.2) is 4.98 Å². The van der Waals surface area contributed by atoms with Gasteiger partial charge in [-0.15, -0.1) is 0 Å². The van der Waals surface area contributed by atoms with E-state index in [4.69, 9.17) is 9.40 Å². The number of nitrogens with zero attached hydrogens (tertiary/aromatic N) is 2. The molecule has 0 aliphatic carbocycles. The number of hydrogen-bond acceptors (Lipinski definition) is 2. The lowest BCUT2D eigenvalue weighted by Gasteiger charge is -2.25. The van der Waals surface area contributed by atoms with Crippen LogP contribution < -0.4 is 0 Å². The molecule has 2 heterocycles. The van der Waals surface area contributed by atoms with Gasteiger partial charge in [0.25, 0.3) is 0 Å². The van der Waals surface area contributed by atoms with E-state index < -0.39 is 0 Å². The van der Waals surface area contributed by atoms with Gasteiger partial charge in [0.2, 0.25) is 0 Å². The highest BCUT2D eigenvalue weighted by Crippen LogP contribution is 2.43. The minimum atomic E-state index is 0.342. The molecular formula is C42H38N2O. The molecule has 0 N–H and O–H groups in total. The lowest BCUT2D eigenvalue weighted by Crippen LogP contribution is -2.10. The number of imidazole rings is 1. The van der Waals surface area contributed by atoms with Crippen LogP contribution in [-0.4, -0.2) is 9.55 Å². The Balaban J connectivity index is 1.46. The molecular weight excluding hydrogens is 548 g/mol. The van der Waals surface area contributed by atoms with Crippen molar-refractivity contribution >= 4 is 54.5 Å². The summed E-state index contributed by atoms with van der Waals surface area (Å²) in [4.78, 5) is 5.34. The van der Waals surface area contributed by atoms with Crippen molar-refractivity contribution < 1.29 is 4.42 Å². The second-order valence-corrected chi connectivity index (χ2v) is 13.4. The highest BCUT2D eigenvalue weighted by Gasteiger charge is 2.25. The zero-order valence-electron chi connectivity index (χ0n) is 26.8. The van der Waals surface area contributed by atoms with Crippen LogP contribution in [0.25, 0.3) is 71.6 Å². The van der Waals surface area contributed by atoms with Crippen molar-refractivity contribution in [1.29, 1.82) is 0 Å². The van der Waals surface area contributed by atoms with E-state index in [1.165, 1.54) is 43.9 Å². The topological polar surface area (TPSA) is 31.0 Å². The van der Waals surface area contributed by atoms with Crippen LogP contribution >= 0.6 is 0 Å². The molecule has 0 radical (unpaired) electrons. The minimum Gasteiger partial charge on any atom is -0.455 e. The molecule has 0 fully saturated rings. The van der Waals surface area contributed by atoms with Crippen LogP contribution in [0.4, 0.5) is 0 Å². The Morgan fingerprint density at radius 3 is 2.02 bits per heavy atom. The smallest absolute Gasteiger partial charge is 0.149 e. The van der Waals surface area contributed by atoms with Gasteiger partial charge >= 0.3 is 0 Å². The first-order chi connectivity index (χ1) is 21.8. The molecule has 0 saturated carbocycles. The van der Waals surface area contributed by atoms with Gasteiger partial charge in [0.05, 0.1) is 22.3 Å². The largest absolute Gasteiger partial charge is 0.455 e. The van der Waals surface area contributed by atoms with Crippen molar-refractivity contribution in [2.45, 2.75) is 59.3 Å². The van der Waals surface area contributed by atoms with Gasteiger partial charge < -0.3 is 4.42 Å². The monoisotopic (exact) mass is 586 g/mol. The first-order valence-electron chi connectivity index (χ1n) is 16.2. The van der Waals surface area contributed by atoms with Crippen molar-refractivity contribution in [2.75, 3.05) is 0 Å². The summed E-state index contributed by atoms with van der Waals surface area (Å²) in [5, 5.41) is 7.15. The average molecular weight is 587 g/mol. The Morgan fingerprint density at radius 1 is 0.578 bits per heavy atom. The molecule has 0 aliphatic heterocycles. The fraction of sp³-hybridized carbons (Fsp3) is 0.214. The Labute approximate surface area is 264 Å². The molecule has 0 aliphatic rings. The quantitative estimate of drug-likeness (QED) is 0.188. The highest BCUT2D eigenvalue weighted by atomic mass is 16.3. The van der Waals surface area contributed by atoms with Gasteiger partial charge in [0.15, 0.2) is 0 Å². The lowest BCUT2D eigenvalue weighted by molar-refractivity contribution is 0.670. The molecule has 8 aromatic rings. The summed E-state index contributed by atoms with van der Waals surface area (Å²) in [5.41, 5.74) is 10.2. The van der Waals surface area contributed by atoms with Gasteiger partial charge in [-0.05, 0) is 86.3 Å². The SMILES string of the molecule is CC(C)c1cc(C(C)C)c(-n2c(-c3cccc4c3oc3cc5c(ccc6ccccc65)cc34)nc3ccccc32)c(C(C)C)c1. The normalized spacial score (nSPS) is 12.4. The molecule has 3 nitrogen and oxygen atoms in total. The molecule has 0 unspecified atom stereocenters. The molecule has 3 heteroatoms. The molecule has 45 heavy (non-hydrogen) atoms. The van der Waals surface area contributed by atoms with Crippen LogP contribution in [0.1, 0.15) is 76.0 Å². The first-order valence-corrected chi connectivity index (χ1v) is 16.2. The van der Waals surface area contributed by atoms with E-state index in [0.717, 1.165) is 44.4 Å². The molecule has 2 aromatic heterocycles. The van der Waals surface area contributed by atoms with Crippen molar-refractivity contribution in [3.8, 4) is 17.1 Å². The molecule has 8 rings (SSSR count). The van der Waals surface area contributed by atoms with Crippen molar-refractivity contribution in [2.24, 2.45) is 0 Å². The predicted molar refractivity (Wildman–Crippen MR) is 191 cm³/mol. The summed E-state index contributed by atoms with van der Waals surface area (Å²) < 4.78 is 9.25. The Kier molecular flexibility index (Phi) is 6.35. The zero-order valence-corrected chi connectivity index (χ0v) is 26.8. The zero-order chi connectivity index (χ0) is 31.0. The van der Waals surface area contributed by atoms with Gasteiger partial charge in [-0.2, -0.15) is 0 Å². The summed E-state index contributed by atoms with van der Waals surface area (Å²) in [6, 6.07) is 37.4. The summed E-state index contributed by atoms with van der Waals surface area (Å²) in [6.45, 7) is 13.8. The maximum atomic E-state index is 6.83. The molecule has 0 atom stereocenters. The Morgan fingerprint density at radius 2 is 1.27 bits per heavy atom. The fourth-order valence-electron chi connectivity index (χ4n) is 7.08. The third-order valence-corrected chi connectivity index (χ3v) is 9.49. The van der Waals surface area contributed by atoms with E-state index >= 15 is 0 Å². The standard InChI is InChI=1S/C42H38N2O/c1-24(2)29-21-33(25(3)4)40(34(22-29)26(5)6)44-38-17-10-9-16-37(38)43-42(44)32-15-11-14-31-36-20-28-19-18-27-12-7-8-13-30(27)35(28)23-39(36)45-41(31)32/h7-26H,1-6H3. The van der Waals surface area contributed by atoms with Crippen LogP contribution in [0.3, 0.4) is 0 Å². The second kappa shape index (κ2) is 10.3. The van der Waals surface area contributed by atoms with E-state index in [1.54, 1.807) is 0 Å². The number of hydrogen-bond donors (Lipinski definition) is 0. The minimum absolute atomic E-state index is 0.342. The summed E-state index contributed by atoms with van der Waals surface area (Å²) >= 11 is 0. The number of benzene rings is 6. The van der Waals surface area contributed by atoms with Gasteiger partial charge in [-0.3, -0.25) is 4.57 Å². The van der Waals surface area contributed by atoms with Crippen LogP contribution in [0.15, 0.2) is 108 Å². The van der Waals surface area contributed by atoms with Crippen LogP contribution in [-0.2, 0) is 0 Å². The van der Waals surface area contributed by atoms with E-state index in [0.29, 0.717) is 17.8 Å². The van der Waals surface area contributed by atoms with Crippen molar-refractivity contribution in [1.82, 2.24) is 9.55 Å². The summed E-state index contributed by atoms with van der Waals surface area (Å²) in [6.07, 6.45) is 0.